The Hall–Kier alpha value is -3.20. The van der Waals surface area contributed by atoms with Crippen molar-refractivity contribution in [2.75, 3.05) is 20.8 Å². The van der Waals surface area contributed by atoms with Gasteiger partial charge in [-0.2, -0.15) is 0 Å². The molecule has 32 heavy (non-hydrogen) atoms. The van der Waals surface area contributed by atoms with Crippen LogP contribution in [0.5, 0.6) is 17.2 Å². The summed E-state index contributed by atoms with van der Waals surface area (Å²) in [5.74, 6) is 0.541. The summed E-state index contributed by atoms with van der Waals surface area (Å²) in [6.07, 6.45) is -4.18. The first-order valence-electron chi connectivity index (χ1n) is 9.75. The third-order valence-corrected chi connectivity index (χ3v) is 6.21. The molecule has 0 N–H and O–H groups in total. The summed E-state index contributed by atoms with van der Waals surface area (Å²) in [5.41, 5.74) is 2.27. The van der Waals surface area contributed by atoms with Crippen molar-refractivity contribution in [2.45, 2.75) is 18.8 Å². The molecule has 0 aliphatic carbocycles. The first kappa shape index (κ1) is 22.0. The highest BCUT2D eigenvalue weighted by atomic mass is 32.1. The molecule has 4 rings (SSSR count). The molecule has 0 saturated carbocycles. The molecular weight excluding hydrogens is 443 g/mol. The Morgan fingerprint density at radius 2 is 1.75 bits per heavy atom. The van der Waals surface area contributed by atoms with E-state index in [1.807, 2.05) is 29.6 Å². The van der Waals surface area contributed by atoms with Crippen molar-refractivity contribution in [1.29, 1.82) is 0 Å². The van der Waals surface area contributed by atoms with Gasteiger partial charge in [0.05, 0.1) is 20.3 Å². The van der Waals surface area contributed by atoms with Crippen molar-refractivity contribution in [3.8, 4) is 17.2 Å². The molecule has 1 atom stereocenters. The molecular formula is C23H20F3NO4S. The van der Waals surface area contributed by atoms with Crippen molar-refractivity contribution < 1.29 is 32.2 Å². The summed E-state index contributed by atoms with van der Waals surface area (Å²) >= 11 is 1.53. The molecule has 1 aliphatic heterocycles. The number of ether oxygens (including phenoxy) is 3. The van der Waals surface area contributed by atoms with E-state index >= 15 is 0 Å². The summed E-state index contributed by atoms with van der Waals surface area (Å²) in [7, 11) is 3.13. The number of carbonyl (C=O) groups is 1. The van der Waals surface area contributed by atoms with E-state index in [-0.39, 0.29) is 23.3 Å². The van der Waals surface area contributed by atoms with Crippen LogP contribution in [-0.4, -0.2) is 37.9 Å². The van der Waals surface area contributed by atoms with E-state index in [0.29, 0.717) is 24.5 Å². The smallest absolute Gasteiger partial charge is 0.493 e. The number of hydrogen-bond donors (Lipinski definition) is 0. The number of nitrogens with zero attached hydrogens (tertiary/aromatic N) is 1. The summed E-state index contributed by atoms with van der Waals surface area (Å²) in [6.45, 7) is 0.449. The van der Waals surface area contributed by atoms with Crippen molar-refractivity contribution >= 4 is 17.2 Å². The third-order valence-electron chi connectivity index (χ3n) is 5.28. The fourth-order valence-corrected chi connectivity index (χ4v) is 4.74. The molecule has 0 unspecified atom stereocenters. The van der Waals surface area contributed by atoms with E-state index < -0.39 is 6.36 Å². The van der Waals surface area contributed by atoms with Gasteiger partial charge in [0, 0.05) is 17.0 Å². The van der Waals surface area contributed by atoms with Gasteiger partial charge in [-0.3, -0.25) is 4.79 Å². The Morgan fingerprint density at radius 1 is 1.06 bits per heavy atom. The Morgan fingerprint density at radius 3 is 2.34 bits per heavy atom. The van der Waals surface area contributed by atoms with Crippen LogP contribution in [0.15, 0.2) is 53.9 Å². The second-order valence-corrected chi connectivity index (χ2v) is 8.12. The van der Waals surface area contributed by atoms with Gasteiger partial charge >= 0.3 is 6.36 Å². The zero-order chi connectivity index (χ0) is 22.9. The Labute approximate surface area is 186 Å². The van der Waals surface area contributed by atoms with Gasteiger partial charge in [0.2, 0.25) is 0 Å². The molecule has 0 saturated heterocycles. The summed E-state index contributed by atoms with van der Waals surface area (Å²) in [4.78, 5) is 16.1. The van der Waals surface area contributed by atoms with E-state index in [2.05, 4.69) is 4.74 Å². The molecule has 0 fully saturated rings. The molecule has 2 aromatic carbocycles. The number of benzene rings is 2. The normalized spacial score (nSPS) is 15.8. The van der Waals surface area contributed by atoms with Crippen LogP contribution in [0.25, 0.3) is 0 Å². The van der Waals surface area contributed by atoms with Gasteiger partial charge in [-0.05, 0) is 65.4 Å². The maximum atomic E-state index is 13.4. The lowest BCUT2D eigenvalue weighted by Crippen LogP contribution is -2.40. The standard InChI is InChI=1S/C23H20F3NO4S/c1-29-18-12-15-9-10-27(21(20-4-3-11-32-20)17(15)13-19(18)30-2)22(28)14-5-7-16(8-6-14)31-23(24,25)26/h3-8,11-13,21H,9-10H2,1-2H3/t21-/m1/s1. The molecule has 1 aromatic heterocycles. The van der Waals surface area contributed by atoms with Gasteiger partial charge in [-0.15, -0.1) is 24.5 Å². The van der Waals surface area contributed by atoms with Gasteiger partial charge in [0.15, 0.2) is 11.5 Å². The number of carbonyl (C=O) groups excluding carboxylic acids is 1. The number of fused-ring (bicyclic) bond motifs is 1. The largest absolute Gasteiger partial charge is 0.573 e. The van der Waals surface area contributed by atoms with E-state index in [9.17, 15) is 18.0 Å². The van der Waals surface area contributed by atoms with Crippen LogP contribution < -0.4 is 14.2 Å². The molecule has 1 aliphatic rings. The Kier molecular flexibility index (Phi) is 6.01. The topological polar surface area (TPSA) is 48.0 Å². The van der Waals surface area contributed by atoms with E-state index in [1.54, 1.807) is 19.1 Å². The third kappa shape index (κ3) is 4.38. The fraction of sp³-hybridized carbons (Fsp3) is 0.261. The number of amides is 1. The van der Waals surface area contributed by atoms with Crippen molar-refractivity contribution in [2.24, 2.45) is 0 Å². The lowest BCUT2D eigenvalue weighted by Gasteiger charge is -2.37. The van der Waals surface area contributed by atoms with E-state index in [1.165, 1.54) is 23.5 Å². The molecule has 3 aromatic rings. The van der Waals surface area contributed by atoms with Crippen molar-refractivity contribution in [3.05, 3.63) is 75.5 Å². The molecule has 0 radical (unpaired) electrons. The number of hydrogen-bond acceptors (Lipinski definition) is 5. The predicted octanol–water partition coefficient (Wildman–Crippen LogP) is 5.45. The highest BCUT2D eigenvalue weighted by molar-refractivity contribution is 7.10. The molecule has 9 heteroatoms. The van der Waals surface area contributed by atoms with E-state index in [4.69, 9.17) is 9.47 Å². The van der Waals surface area contributed by atoms with Crippen molar-refractivity contribution in [1.82, 2.24) is 4.90 Å². The van der Waals surface area contributed by atoms with Crippen LogP contribution in [0, 0.1) is 0 Å². The highest BCUT2D eigenvalue weighted by Crippen LogP contribution is 2.42. The molecule has 1 amide bonds. The van der Waals surface area contributed by atoms with Crippen LogP contribution in [0.3, 0.4) is 0 Å². The summed E-state index contributed by atoms with van der Waals surface area (Å²) < 4.78 is 52.1. The van der Waals surface area contributed by atoms with Gasteiger partial charge in [-0.25, -0.2) is 0 Å². The minimum Gasteiger partial charge on any atom is -0.493 e. The minimum atomic E-state index is -4.79. The zero-order valence-electron chi connectivity index (χ0n) is 17.3. The predicted molar refractivity (Wildman–Crippen MR) is 114 cm³/mol. The first-order valence-corrected chi connectivity index (χ1v) is 10.6. The second-order valence-electron chi connectivity index (χ2n) is 7.14. The van der Waals surface area contributed by atoms with Crippen LogP contribution in [-0.2, 0) is 6.42 Å². The maximum absolute atomic E-state index is 13.4. The highest BCUT2D eigenvalue weighted by Gasteiger charge is 2.35. The van der Waals surface area contributed by atoms with Gasteiger partial charge in [-0.1, -0.05) is 6.07 Å². The Balaban J connectivity index is 1.70. The second kappa shape index (κ2) is 8.74. The maximum Gasteiger partial charge on any atom is 0.573 e. The number of thiophene rings is 1. The van der Waals surface area contributed by atoms with E-state index in [0.717, 1.165) is 28.1 Å². The lowest BCUT2D eigenvalue weighted by molar-refractivity contribution is -0.274. The SMILES string of the molecule is COc1cc2c(cc1OC)[C@H](c1cccs1)N(C(=O)c1ccc(OC(F)(F)F)cc1)CC2. The van der Waals surface area contributed by atoms with Gasteiger partial charge < -0.3 is 19.1 Å². The number of halogens is 3. The molecule has 0 bridgehead atoms. The molecule has 2 heterocycles. The summed E-state index contributed by atoms with van der Waals surface area (Å²) in [6, 6.07) is 12.3. The minimum absolute atomic E-state index is 0.276. The van der Waals surface area contributed by atoms with Crippen LogP contribution in [0.2, 0.25) is 0 Å². The number of methoxy groups -OCH3 is 2. The molecule has 168 valence electrons. The molecule has 5 nitrogen and oxygen atoms in total. The van der Waals surface area contributed by atoms with Gasteiger partial charge in [0.1, 0.15) is 5.75 Å². The van der Waals surface area contributed by atoms with Crippen molar-refractivity contribution in [3.63, 3.8) is 0 Å². The number of rotatable bonds is 5. The van der Waals surface area contributed by atoms with Crippen LogP contribution >= 0.6 is 11.3 Å². The average molecular weight is 463 g/mol. The first-order chi connectivity index (χ1) is 15.3. The Bertz CT molecular complexity index is 1100. The fourth-order valence-electron chi connectivity index (χ4n) is 3.88. The van der Waals surface area contributed by atoms with Crippen LogP contribution in [0.1, 0.15) is 32.4 Å². The monoisotopic (exact) mass is 463 g/mol. The average Bonchev–Trinajstić information content (AvgIpc) is 3.30. The van der Waals surface area contributed by atoms with Gasteiger partial charge in [0.25, 0.3) is 5.91 Å². The lowest BCUT2D eigenvalue weighted by atomic mass is 9.90. The number of alkyl halides is 3. The summed E-state index contributed by atoms with van der Waals surface area (Å²) in [5, 5.41) is 1.94. The zero-order valence-corrected chi connectivity index (χ0v) is 18.1. The molecule has 0 spiro atoms. The quantitative estimate of drug-likeness (QED) is 0.505. The van der Waals surface area contributed by atoms with Crippen LogP contribution in [0.4, 0.5) is 13.2 Å².